The van der Waals surface area contributed by atoms with E-state index in [9.17, 15) is 4.57 Å². The van der Waals surface area contributed by atoms with Crippen LogP contribution in [0.1, 0.15) is 38.3 Å². The zero-order valence-electron chi connectivity index (χ0n) is 12.1. The van der Waals surface area contributed by atoms with Gasteiger partial charge in [0.1, 0.15) is 0 Å². The van der Waals surface area contributed by atoms with Crippen LogP contribution in [0.2, 0.25) is 0 Å². The van der Waals surface area contributed by atoms with Gasteiger partial charge in [0.15, 0.2) is 0 Å². The molecule has 0 saturated carbocycles. The van der Waals surface area contributed by atoms with E-state index < -0.39 is 7.37 Å². The third-order valence-corrected chi connectivity index (χ3v) is 5.79. The summed E-state index contributed by atoms with van der Waals surface area (Å²) in [7, 11) is -2.64. The largest absolute Gasteiger partial charge is 0.326 e. The van der Waals surface area contributed by atoms with Gasteiger partial charge in [0.05, 0.1) is 6.61 Å². The molecule has 4 heteroatoms. The molecule has 1 heterocycles. The van der Waals surface area contributed by atoms with Gasteiger partial charge >= 0.3 is 0 Å². The lowest BCUT2D eigenvalue weighted by molar-refractivity contribution is 0.325. The molecule has 1 saturated heterocycles. The number of hydrogen-bond acceptors (Lipinski definition) is 3. The molecule has 1 aliphatic rings. The number of benzene rings is 1. The SMILES string of the molecule is CCOP(C)(=O)c1ccc(C2CC(C)CCN2)cc1. The first-order chi connectivity index (χ1) is 9.03. The molecule has 106 valence electrons. The monoisotopic (exact) mass is 281 g/mol. The van der Waals surface area contributed by atoms with Crippen LogP contribution in [0.3, 0.4) is 0 Å². The molecule has 3 unspecified atom stereocenters. The first kappa shape index (κ1) is 14.8. The summed E-state index contributed by atoms with van der Waals surface area (Å²) in [6.45, 7) is 7.43. The van der Waals surface area contributed by atoms with E-state index in [-0.39, 0.29) is 0 Å². The molecule has 2 rings (SSSR count). The second-order valence-electron chi connectivity index (χ2n) is 5.49. The van der Waals surface area contributed by atoms with Crippen molar-refractivity contribution >= 4 is 12.7 Å². The molecule has 19 heavy (non-hydrogen) atoms. The van der Waals surface area contributed by atoms with Crippen LogP contribution in [0, 0.1) is 5.92 Å². The van der Waals surface area contributed by atoms with Gasteiger partial charge in [0.2, 0.25) is 7.37 Å². The van der Waals surface area contributed by atoms with E-state index in [4.69, 9.17) is 4.52 Å². The maximum atomic E-state index is 12.3. The van der Waals surface area contributed by atoms with Crippen LogP contribution in [0.5, 0.6) is 0 Å². The highest BCUT2D eigenvalue weighted by molar-refractivity contribution is 7.66. The Morgan fingerprint density at radius 1 is 1.37 bits per heavy atom. The predicted octanol–water partition coefficient (Wildman–Crippen LogP) is 3.32. The van der Waals surface area contributed by atoms with Crippen LogP contribution in [0.4, 0.5) is 0 Å². The summed E-state index contributed by atoms with van der Waals surface area (Å²) >= 11 is 0. The summed E-state index contributed by atoms with van der Waals surface area (Å²) in [6, 6.07) is 8.50. The minimum Gasteiger partial charge on any atom is -0.326 e. The predicted molar refractivity (Wildman–Crippen MR) is 80.4 cm³/mol. The zero-order valence-corrected chi connectivity index (χ0v) is 13.0. The zero-order chi connectivity index (χ0) is 13.9. The first-order valence-corrected chi connectivity index (χ1v) is 9.16. The molecular formula is C15H24NO2P. The van der Waals surface area contributed by atoms with Gasteiger partial charge < -0.3 is 9.84 Å². The van der Waals surface area contributed by atoms with Crippen LogP contribution in [-0.4, -0.2) is 19.8 Å². The molecule has 1 aromatic carbocycles. The van der Waals surface area contributed by atoms with E-state index >= 15 is 0 Å². The van der Waals surface area contributed by atoms with Crippen molar-refractivity contribution in [3.63, 3.8) is 0 Å². The van der Waals surface area contributed by atoms with Crippen molar-refractivity contribution in [1.82, 2.24) is 5.32 Å². The van der Waals surface area contributed by atoms with Gasteiger partial charge in [-0.2, -0.15) is 0 Å². The number of piperidine rings is 1. The molecule has 0 amide bonds. The third-order valence-electron chi connectivity index (χ3n) is 3.81. The van der Waals surface area contributed by atoms with Crippen LogP contribution in [0.25, 0.3) is 0 Å². The van der Waals surface area contributed by atoms with Crippen molar-refractivity contribution in [3.05, 3.63) is 29.8 Å². The third kappa shape index (κ3) is 3.68. The van der Waals surface area contributed by atoms with Crippen LogP contribution >= 0.6 is 7.37 Å². The topological polar surface area (TPSA) is 38.3 Å². The Bertz CT molecular complexity index is 458. The fourth-order valence-corrected chi connectivity index (χ4v) is 3.99. The molecule has 1 N–H and O–H groups in total. The molecule has 1 fully saturated rings. The van der Waals surface area contributed by atoms with Crippen molar-refractivity contribution in [2.24, 2.45) is 5.92 Å². The summed E-state index contributed by atoms with van der Waals surface area (Å²) in [5, 5.41) is 4.36. The number of rotatable bonds is 4. The molecule has 1 aromatic rings. The molecule has 1 aliphatic heterocycles. The Hall–Kier alpha value is -0.630. The Labute approximate surface area is 116 Å². The summed E-state index contributed by atoms with van der Waals surface area (Å²) < 4.78 is 17.7. The Morgan fingerprint density at radius 2 is 2.05 bits per heavy atom. The highest BCUT2D eigenvalue weighted by Crippen LogP contribution is 2.41. The summed E-state index contributed by atoms with van der Waals surface area (Å²) in [5.74, 6) is 0.770. The van der Waals surface area contributed by atoms with E-state index in [1.54, 1.807) is 6.66 Å². The average Bonchev–Trinajstić information content (AvgIpc) is 2.39. The van der Waals surface area contributed by atoms with Gasteiger partial charge in [-0.25, -0.2) is 0 Å². The van der Waals surface area contributed by atoms with Gasteiger partial charge in [-0.1, -0.05) is 19.1 Å². The highest BCUT2D eigenvalue weighted by atomic mass is 31.2. The Balaban J connectivity index is 2.12. The van der Waals surface area contributed by atoms with Crippen molar-refractivity contribution in [2.75, 3.05) is 19.8 Å². The Kier molecular flexibility index (Phi) is 4.83. The van der Waals surface area contributed by atoms with Gasteiger partial charge in [0, 0.05) is 18.0 Å². The molecule has 0 radical (unpaired) electrons. The van der Waals surface area contributed by atoms with Gasteiger partial charge in [-0.15, -0.1) is 0 Å². The van der Waals surface area contributed by atoms with Crippen molar-refractivity contribution in [1.29, 1.82) is 0 Å². The lowest BCUT2D eigenvalue weighted by atomic mass is 9.90. The summed E-state index contributed by atoms with van der Waals surface area (Å²) in [6.07, 6.45) is 2.43. The molecular weight excluding hydrogens is 257 g/mol. The smallest absolute Gasteiger partial charge is 0.229 e. The van der Waals surface area contributed by atoms with Gasteiger partial charge in [-0.3, -0.25) is 4.57 Å². The lowest BCUT2D eigenvalue weighted by Gasteiger charge is -2.28. The van der Waals surface area contributed by atoms with Crippen molar-refractivity contribution < 1.29 is 9.09 Å². The van der Waals surface area contributed by atoms with E-state index in [1.807, 2.05) is 19.1 Å². The quantitative estimate of drug-likeness (QED) is 0.860. The second kappa shape index (κ2) is 6.21. The summed E-state index contributed by atoms with van der Waals surface area (Å²) in [5.41, 5.74) is 1.28. The standard InChI is InChI=1S/C15H24NO2P/c1-4-18-19(3,17)14-7-5-13(6-8-14)15-11-12(2)9-10-16-15/h5-8,12,15-16H,4,9-11H2,1-3H3. The van der Waals surface area contributed by atoms with E-state index in [0.29, 0.717) is 12.6 Å². The number of hydrogen-bond donors (Lipinski definition) is 1. The average molecular weight is 281 g/mol. The highest BCUT2D eigenvalue weighted by Gasteiger charge is 2.22. The molecule has 0 aliphatic carbocycles. The maximum absolute atomic E-state index is 12.3. The van der Waals surface area contributed by atoms with Crippen LogP contribution in [0.15, 0.2) is 24.3 Å². The Morgan fingerprint density at radius 3 is 2.63 bits per heavy atom. The first-order valence-electron chi connectivity index (χ1n) is 7.09. The van der Waals surface area contributed by atoms with E-state index in [2.05, 4.69) is 24.4 Å². The molecule has 3 atom stereocenters. The minimum atomic E-state index is -2.64. The molecule has 0 bridgehead atoms. The van der Waals surface area contributed by atoms with Crippen LogP contribution in [-0.2, 0) is 9.09 Å². The van der Waals surface area contributed by atoms with Crippen molar-refractivity contribution in [3.8, 4) is 0 Å². The fourth-order valence-electron chi connectivity index (χ4n) is 2.66. The molecule has 0 spiro atoms. The fraction of sp³-hybridized carbons (Fsp3) is 0.600. The summed E-state index contributed by atoms with van der Waals surface area (Å²) in [4.78, 5) is 0. The van der Waals surface area contributed by atoms with Crippen LogP contribution < -0.4 is 10.6 Å². The maximum Gasteiger partial charge on any atom is 0.229 e. The van der Waals surface area contributed by atoms with Gasteiger partial charge in [-0.05, 0) is 49.9 Å². The molecule has 3 nitrogen and oxygen atoms in total. The minimum absolute atomic E-state index is 0.432. The van der Waals surface area contributed by atoms with Crippen molar-refractivity contribution in [2.45, 2.75) is 32.7 Å². The van der Waals surface area contributed by atoms with E-state index in [1.165, 1.54) is 18.4 Å². The second-order valence-corrected chi connectivity index (χ2v) is 7.96. The normalized spacial score (nSPS) is 26.9. The number of nitrogens with one attached hydrogen (secondary N) is 1. The lowest BCUT2D eigenvalue weighted by Crippen LogP contribution is -2.30. The molecule has 0 aromatic heterocycles. The van der Waals surface area contributed by atoms with E-state index in [0.717, 1.165) is 17.8 Å². The van der Waals surface area contributed by atoms with Gasteiger partial charge in [0.25, 0.3) is 0 Å².